The highest BCUT2D eigenvalue weighted by Crippen LogP contribution is 2.40. The maximum atomic E-state index is 11.7. The average Bonchev–Trinajstić information content (AvgIpc) is 2.25. The fraction of sp³-hybridized carbons (Fsp3) is 0.923. The van der Waals surface area contributed by atoms with Gasteiger partial charge in [-0.05, 0) is 43.9 Å². The van der Waals surface area contributed by atoms with Gasteiger partial charge >= 0.3 is 0 Å². The van der Waals surface area contributed by atoms with Crippen molar-refractivity contribution in [1.82, 2.24) is 5.32 Å². The Morgan fingerprint density at radius 2 is 1.87 bits per heavy atom. The lowest BCUT2D eigenvalue weighted by Gasteiger charge is -2.43. The molecule has 1 N–H and O–H groups in total. The minimum atomic E-state index is 0.157. The highest BCUT2D eigenvalue weighted by atomic mass is 16.1. The number of carbonyl (C=O) groups excluding carboxylic acids is 1. The normalized spacial score (nSPS) is 42.4. The van der Waals surface area contributed by atoms with Crippen LogP contribution < -0.4 is 5.32 Å². The second kappa shape index (κ2) is 4.15. The van der Waals surface area contributed by atoms with Crippen LogP contribution in [0.4, 0.5) is 0 Å². The van der Waals surface area contributed by atoms with E-state index in [4.69, 9.17) is 0 Å². The molecule has 2 unspecified atom stereocenters. The van der Waals surface area contributed by atoms with E-state index in [9.17, 15) is 4.79 Å². The molecule has 0 radical (unpaired) electrons. The van der Waals surface area contributed by atoms with Crippen LogP contribution in [0.3, 0.4) is 0 Å². The van der Waals surface area contributed by atoms with Gasteiger partial charge in [-0.25, -0.2) is 0 Å². The molecule has 1 heterocycles. The van der Waals surface area contributed by atoms with E-state index in [1.165, 1.54) is 32.1 Å². The fourth-order valence-corrected chi connectivity index (χ4v) is 3.75. The third-order valence-electron chi connectivity index (χ3n) is 4.00. The smallest absolute Gasteiger partial charge is 0.220 e. The van der Waals surface area contributed by atoms with Crippen molar-refractivity contribution < 1.29 is 4.79 Å². The lowest BCUT2D eigenvalue weighted by atomic mass is 9.70. The standard InChI is InChI=1S/C13H23NO/c1-10-7-11(2)9-13(8-10)6-4-3-5-12(15)14-13/h10-11H,3-9H2,1-2H3,(H,14,15). The monoisotopic (exact) mass is 209 g/mol. The molecule has 86 valence electrons. The molecule has 0 bridgehead atoms. The Kier molecular flexibility index (Phi) is 3.03. The summed E-state index contributed by atoms with van der Waals surface area (Å²) in [6.07, 6.45) is 7.97. The summed E-state index contributed by atoms with van der Waals surface area (Å²) in [6.45, 7) is 4.66. The van der Waals surface area contributed by atoms with Gasteiger partial charge in [0.2, 0.25) is 5.91 Å². The average molecular weight is 209 g/mol. The van der Waals surface area contributed by atoms with E-state index in [-0.39, 0.29) is 11.4 Å². The molecule has 2 heteroatoms. The topological polar surface area (TPSA) is 29.1 Å². The summed E-state index contributed by atoms with van der Waals surface area (Å²) in [5.41, 5.74) is 0.157. The van der Waals surface area contributed by atoms with Crippen LogP contribution in [0.5, 0.6) is 0 Å². The van der Waals surface area contributed by atoms with Crippen LogP contribution in [0.25, 0.3) is 0 Å². The van der Waals surface area contributed by atoms with Crippen molar-refractivity contribution in [3.8, 4) is 0 Å². The first kappa shape index (κ1) is 11.0. The Labute approximate surface area is 92.8 Å². The molecular weight excluding hydrogens is 186 g/mol. The largest absolute Gasteiger partial charge is 0.351 e. The van der Waals surface area contributed by atoms with Crippen molar-refractivity contribution in [2.75, 3.05) is 0 Å². The Balaban J connectivity index is 2.11. The van der Waals surface area contributed by atoms with Crippen LogP contribution in [-0.4, -0.2) is 11.4 Å². The molecule has 0 aromatic heterocycles. The summed E-state index contributed by atoms with van der Waals surface area (Å²) < 4.78 is 0. The third kappa shape index (κ3) is 2.53. The van der Waals surface area contributed by atoms with Gasteiger partial charge in [-0.2, -0.15) is 0 Å². The Morgan fingerprint density at radius 1 is 1.20 bits per heavy atom. The Hall–Kier alpha value is -0.530. The highest BCUT2D eigenvalue weighted by molar-refractivity contribution is 5.77. The summed E-state index contributed by atoms with van der Waals surface area (Å²) in [6, 6.07) is 0. The zero-order chi connectivity index (χ0) is 10.9. The van der Waals surface area contributed by atoms with Crippen LogP contribution in [0.15, 0.2) is 0 Å². The summed E-state index contributed by atoms with van der Waals surface area (Å²) in [7, 11) is 0. The second-order valence-corrected chi connectivity index (χ2v) is 5.89. The highest BCUT2D eigenvalue weighted by Gasteiger charge is 2.39. The lowest BCUT2D eigenvalue weighted by Crippen LogP contribution is -2.51. The van der Waals surface area contributed by atoms with E-state index >= 15 is 0 Å². The predicted molar refractivity (Wildman–Crippen MR) is 61.5 cm³/mol. The number of amides is 1. The maximum Gasteiger partial charge on any atom is 0.220 e. The van der Waals surface area contributed by atoms with Gasteiger partial charge in [0.15, 0.2) is 0 Å². The first-order valence-corrected chi connectivity index (χ1v) is 6.41. The van der Waals surface area contributed by atoms with Gasteiger partial charge in [0, 0.05) is 12.0 Å². The summed E-state index contributed by atoms with van der Waals surface area (Å²) in [5.74, 6) is 1.83. The van der Waals surface area contributed by atoms with Crippen LogP contribution in [0, 0.1) is 11.8 Å². The van der Waals surface area contributed by atoms with Gasteiger partial charge in [-0.1, -0.05) is 20.3 Å². The maximum absolute atomic E-state index is 11.7. The van der Waals surface area contributed by atoms with Crippen molar-refractivity contribution in [2.45, 2.75) is 64.3 Å². The zero-order valence-electron chi connectivity index (χ0n) is 10.0. The first-order valence-electron chi connectivity index (χ1n) is 6.41. The van der Waals surface area contributed by atoms with E-state index in [1.54, 1.807) is 0 Å². The van der Waals surface area contributed by atoms with Crippen LogP contribution >= 0.6 is 0 Å². The number of hydrogen-bond donors (Lipinski definition) is 1. The van der Waals surface area contributed by atoms with Gasteiger partial charge < -0.3 is 5.32 Å². The molecular formula is C13H23NO. The predicted octanol–water partition coefficient (Wildman–Crippen LogP) is 2.87. The zero-order valence-corrected chi connectivity index (χ0v) is 10.0. The molecule has 1 saturated heterocycles. The minimum Gasteiger partial charge on any atom is -0.351 e. The first-order chi connectivity index (χ1) is 7.10. The van der Waals surface area contributed by atoms with Crippen molar-refractivity contribution in [3.63, 3.8) is 0 Å². The van der Waals surface area contributed by atoms with Gasteiger partial charge in [-0.15, -0.1) is 0 Å². The Bertz CT molecular complexity index is 239. The van der Waals surface area contributed by atoms with Crippen molar-refractivity contribution in [3.05, 3.63) is 0 Å². The molecule has 2 aliphatic rings. The molecule has 1 saturated carbocycles. The van der Waals surface area contributed by atoms with Gasteiger partial charge in [0.1, 0.15) is 0 Å². The van der Waals surface area contributed by atoms with Crippen LogP contribution in [0.1, 0.15) is 58.8 Å². The van der Waals surface area contributed by atoms with E-state index in [0.717, 1.165) is 24.7 Å². The molecule has 1 aliphatic carbocycles. The SMILES string of the molecule is CC1CC(C)CC2(CCCCC(=O)N2)C1. The number of rotatable bonds is 0. The van der Waals surface area contributed by atoms with Crippen LogP contribution in [-0.2, 0) is 4.79 Å². The minimum absolute atomic E-state index is 0.157. The van der Waals surface area contributed by atoms with Gasteiger partial charge in [0.05, 0.1) is 0 Å². The van der Waals surface area contributed by atoms with Crippen LogP contribution in [0.2, 0.25) is 0 Å². The summed E-state index contributed by atoms with van der Waals surface area (Å²) in [5, 5.41) is 3.32. The molecule has 15 heavy (non-hydrogen) atoms. The molecule has 2 atom stereocenters. The molecule has 2 nitrogen and oxygen atoms in total. The lowest BCUT2D eigenvalue weighted by molar-refractivity contribution is -0.123. The van der Waals surface area contributed by atoms with Crippen molar-refractivity contribution in [1.29, 1.82) is 0 Å². The van der Waals surface area contributed by atoms with Gasteiger partial charge in [0.25, 0.3) is 0 Å². The fourth-order valence-electron chi connectivity index (χ4n) is 3.75. The third-order valence-corrected chi connectivity index (χ3v) is 4.00. The molecule has 2 rings (SSSR count). The van der Waals surface area contributed by atoms with E-state index < -0.39 is 0 Å². The van der Waals surface area contributed by atoms with Crippen molar-refractivity contribution >= 4 is 5.91 Å². The summed E-state index contributed by atoms with van der Waals surface area (Å²) in [4.78, 5) is 11.7. The quantitative estimate of drug-likeness (QED) is 0.653. The number of nitrogens with one attached hydrogen (secondary N) is 1. The molecule has 0 aromatic rings. The second-order valence-electron chi connectivity index (χ2n) is 5.89. The molecule has 1 spiro atoms. The Morgan fingerprint density at radius 3 is 2.53 bits per heavy atom. The molecule has 1 aliphatic heterocycles. The number of carbonyl (C=O) groups is 1. The molecule has 0 aromatic carbocycles. The molecule has 1 amide bonds. The van der Waals surface area contributed by atoms with E-state index in [0.29, 0.717) is 0 Å². The van der Waals surface area contributed by atoms with Gasteiger partial charge in [-0.3, -0.25) is 4.79 Å². The van der Waals surface area contributed by atoms with E-state index in [1.807, 2.05) is 0 Å². The summed E-state index contributed by atoms with van der Waals surface area (Å²) >= 11 is 0. The van der Waals surface area contributed by atoms with Crippen molar-refractivity contribution in [2.24, 2.45) is 11.8 Å². The number of hydrogen-bond acceptors (Lipinski definition) is 1. The molecule has 2 fully saturated rings. The van der Waals surface area contributed by atoms with E-state index in [2.05, 4.69) is 19.2 Å².